The Morgan fingerprint density at radius 3 is 2.64 bits per heavy atom. The second-order valence-electron chi connectivity index (χ2n) is 6.76. The van der Waals surface area contributed by atoms with Crippen LogP contribution in [0.5, 0.6) is 0 Å². The third-order valence-corrected chi connectivity index (χ3v) is 5.08. The predicted molar refractivity (Wildman–Crippen MR) is 94.8 cm³/mol. The van der Waals surface area contributed by atoms with Crippen LogP contribution in [0.3, 0.4) is 0 Å². The predicted octanol–water partition coefficient (Wildman–Crippen LogP) is 2.72. The van der Waals surface area contributed by atoms with Gasteiger partial charge in [-0.05, 0) is 38.8 Å². The summed E-state index contributed by atoms with van der Waals surface area (Å²) in [5.74, 6) is -0.647. The molecule has 1 aliphatic rings. The number of amides is 1. The summed E-state index contributed by atoms with van der Waals surface area (Å²) in [5.41, 5.74) is 2.62. The van der Waals surface area contributed by atoms with Crippen molar-refractivity contribution in [3.63, 3.8) is 0 Å². The molecule has 6 nitrogen and oxygen atoms in total. The van der Waals surface area contributed by atoms with Gasteiger partial charge in [-0.2, -0.15) is 0 Å². The van der Waals surface area contributed by atoms with E-state index in [-0.39, 0.29) is 24.5 Å². The summed E-state index contributed by atoms with van der Waals surface area (Å²) >= 11 is 0. The summed E-state index contributed by atoms with van der Waals surface area (Å²) in [6.45, 7) is 6.55. The Morgan fingerprint density at radius 1 is 1.32 bits per heavy atom. The Balaban J connectivity index is 1.64. The number of carboxylic acid groups (broad SMARTS) is 1. The maximum absolute atomic E-state index is 12.6. The Bertz CT molecular complexity index is 805. The first-order valence-corrected chi connectivity index (χ1v) is 8.66. The molecule has 2 aromatic rings. The highest BCUT2D eigenvalue weighted by Gasteiger charge is 2.35. The van der Waals surface area contributed by atoms with Gasteiger partial charge in [-0.1, -0.05) is 25.1 Å². The number of aryl methyl sites for hydroxylation is 2. The molecule has 1 aliphatic carbocycles. The molecule has 0 unspecified atom stereocenters. The zero-order valence-electron chi connectivity index (χ0n) is 14.8. The van der Waals surface area contributed by atoms with E-state index in [0.29, 0.717) is 12.3 Å². The van der Waals surface area contributed by atoms with Gasteiger partial charge in [0.2, 0.25) is 0 Å². The Kier molecular flexibility index (Phi) is 4.81. The van der Waals surface area contributed by atoms with E-state index in [0.717, 1.165) is 34.9 Å². The molecule has 2 N–H and O–H groups in total. The number of carbonyl (C=O) groups is 2. The Hall–Kier alpha value is -2.34. The fourth-order valence-corrected chi connectivity index (χ4v) is 3.53. The maximum Gasteiger partial charge on any atom is 0.317 e. The third-order valence-electron chi connectivity index (χ3n) is 5.08. The van der Waals surface area contributed by atoms with Crippen molar-refractivity contribution < 1.29 is 19.1 Å². The molecule has 0 atom stereocenters. The molecule has 3 rings (SSSR count). The van der Waals surface area contributed by atoms with Crippen LogP contribution in [0.4, 0.5) is 0 Å². The number of aliphatic carboxylic acids is 1. The summed E-state index contributed by atoms with van der Waals surface area (Å²) < 4.78 is 5.81. The lowest BCUT2D eigenvalue weighted by Crippen LogP contribution is -2.54. The minimum absolute atomic E-state index is 0.0454. The maximum atomic E-state index is 12.6. The van der Waals surface area contributed by atoms with Gasteiger partial charge < -0.3 is 14.8 Å². The molecule has 1 amide bonds. The lowest BCUT2D eigenvalue weighted by atomic mass is 9.85. The first-order chi connectivity index (χ1) is 11.9. The first-order valence-electron chi connectivity index (χ1n) is 8.66. The monoisotopic (exact) mass is 344 g/mol. The van der Waals surface area contributed by atoms with Crippen LogP contribution in [0, 0.1) is 13.8 Å². The van der Waals surface area contributed by atoms with E-state index in [1.54, 1.807) is 0 Å². The Labute approximate surface area is 146 Å². The van der Waals surface area contributed by atoms with Crippen LogP contribution >= 0.6 is 0 Å². The zero-order valence-corrected chi connectivity index (χ0v) is 14.8. The molecule has 1 aromatic carbocycles. The van der Waals surface area contributed by atoms with Crippen LogP contribution in [-0.4, -0.2) is 47.1 Å². The highest BCUT2D eigenvalue weighted by Crippen LogP contribution is 2.29. The van der Waals surface area contributed by atoms with E-state index in [2.05, 4.69) is 5.32 Å². The molecule has 6 heteroatoms. The molecule has 1 saturated carbocycles. The standard InChI is InChI=1S/C19H24N2O4/c1-4-21(10-16(22)23)14-8-13(9-14)20-19(24)18-12(3)15-7-5-6-11(2)17(15)25-18/h5-7,13-14H,4,8-10H2,1-3H3,(H,20,24)(H,22,23). The van der Waals surface area contributed by atoms with Crippen LogP contribution < -0.4 is 5.32 Å². The van der Waals surface area contributed by atoms with Gasteiger partial charge >= 0.3 is 5.97 Å². The van der Waals surface area contributed by atoms with Crippen molar-refractivity contribution in [3.8, 4) is 0 Å². The van der Waals surface area contributed by atoms with Crippen molar-refractivity contribution in [2.45, 2.75) is 45.7 Å². The zero-order chi connectivity index (χ0) is 18.1. The smallest absolute Gasteiger partial charge is 0.317 e. The summed E-state index contributed by atoms with van der Waals surface area (Å²) in [5, 5.41) is 12.9. The number of furan rings is 1. The van der Waals surface area contributed by atoms with Gasteiger partial charge in [0.05, 0.1) is 6.54 Å². The van der Waals surface area contributed by atoms with E-state index >= 15 is 0 Å². The van der Waals surface area contributed by atoms with Crippen molar-refractivity contribution in [1.82, 2.24) is 10.2 Å². The van der Waals surface area contributed by atoms with Gasteiger partial charge in [0.25, 0.3) is 5.91 Å². The number of nitrogens with one attached hydrogen (secondary N) is 1. The number of para-hydroxylation sites is 1. The second-order valence-corrected chi connectivity index (χ2v) is 6.76. The highest BCUT2D eigenvalue weighted by molar-refractivity contribution is 5.99. The molecule has 0 aliphatic heterocycles. The quantitative estimate of drug-likeness (QED) is 0.842. The Morgan fingerprint density at radius 2 is 2.04 bits per heavy atom. The SMILES string of the molecule is CCN(CC(=O)O)C1CC(NC(=O)c2oc3c(C)cccc3c2C)C1. The van der Waals surface area contributed by atoms with E-state index < -0.39 is 5.97 Å². The summed E-state index contributed by atoms with van der Waals surface area (Å²) in [6, 6.07) is 6.16. The van der Waals surface area contributed by atoms with Gasteiger partial charge in [0.1, 0.15) is 5.58 Å². The third kappa shape index (κ3) is 3.39. The molecule has 1 aromatic heterocycles. The molecular formula is C19H24N2O4. The van der Waals surface area contributed by atoms with Crippen LogP contribution in [0.1, 0.15) is 41.4 Å². The molecule has 0 saturated heterocycles. The number of carboxylic acids is 1. The average molecular weight is 344 g/mol. The number of benzene rings is 1. The molecule has 25 heavy (non-hydrogen) atoms. The van der Waals surface area contributed by atoms with E-state index in [9.17, 15) is 9.59 Å². The lowest BCUT2D eigenvalue weighted by molar-refractivity contribution is -0.139. The molecule has 0 radical (unpaired) electrons. The number of rotatable bonds is 6. The first kappa shape index (κ1) is 17.5. The van der Waals surface area contributed by atoms with Crippen LogP contribution in [0.2, 0.25) is 0 Å². The van der Waals surface area contributed by atoms with Crippen molar-refractivity contribution in [2.75, 3.05) is 13.1 Å². The topological polar surface area (TPSA) is 82.8 Å². The van der Waals surface area contributed by atoms with Crippen molar-refractivity contribution >= 4 is 22.8 Å². The fraction of sp³-hybridized carbons (Fsp3) is 0.474. The van der Waals surface area contributed by atoms with Gasteiger partial charge in [-0.3, -0.25) is 14.5 Å². The number of fused-ring (bicyclic) bond motifs is 1. The number of likely N-dealkylation sites (N-methyl/N-ethyl adjacent to an activating group) is 1. The molecule has 0 spiro atoms. The summed E-state index contributed by atoms with van der Waals surface area (Å²) in [7, 11) is 0. The van der Waals surface area contributed by atoms with E-state index in [4.69, 9.17) is 9.52 Å². The minimum atomic E-state index is -0.817. The van der Waals surface area contributed by atoms with E-state index in [1.165, 1.54) is 0 Å². The minimum Gasteiger partial charge on any atom is -0.480 e. The number of nitrogens with zero attached hydrogens (tertiary/aromatic N) is 1. The molecule has 134 valence electrons. The molecule has 0 bridgehead atoms. The summed E-state index contributed by atoms with van der Waals surface area (Å²) in [6.07, 6.45) is 1.54. The molecular weight excluding hydrogens is 320 g/mol. The molecule has 1 heterocycles. The summed E-state index contributed by atoms with van der Waals surface area (Å²) in [4.78, 5) is 25.4. The van der Waals surface area contributed by atoms with Crippen molar-refractivity contribution in [1.29, 1.82) is 0 Å². The van der Waals surface area contributed by atoms with Gasteiger partial charge in [-0.15, -0.1) is 0 Å². The second kappa shape index (κ2) is 6.88. The normalized spacial score (nSPS) is 19.8. The van der Waals surface area contributed by atoms with E-state index in [1.807, 2.05) is 43.9 Å². The van der Waals surface area contributed by atoms with Crippen molar-refractivity contribution in [3.05, 3.63) is 35.1 Å². The van der Waals surface area contributed by atoms with Crippen LogP contribution in [-0.2, 0) is 4.79 Å². The van der Waals surface area contributed by atoms with Crippen molar-refractivity contribution in [2.24, 2.45) is 0 Å². The highest BCUT2D eigenvalue weighted by atomic mass is 16.4. The van der Waals surface area contributed by atoms with Gasteiger partial charge in [0.15, 0.2) is 5.76 Å². The largest absolute Gasteiger partial charge is 0.480 e. The average Bonchev–Trinajstić information content (AvgIpc) is 2.87. The molecule has 1 fully saturated rings. The van der Waals surface area contributed by atoms with Crippen LogP contribution in [0.15, 0.2) is 22.6 Å². The van der Waals surface area contributed by atoms with Gasteiger partial charge in [-0.25, -0.2) is 0 Å². The number of hydrogen-bond donors (Lipinski definition) is 2. The number of hydrogen-bond acceptors (Lipinski definition) is 4. The fourth-order valence-electron chi connectivity index (χ4n) is 3.53. The lowest BCUT2D eigenvalue weighted by Gasteiger charge is -2.42. The van der Waals surface area contributed by atoms with Gasteiger partial charge in [0, 0.05) is 23.0 Å². The van der Waals surface area contributed by atoms with Crippen LogP contribution in [0.25, 0.3) is 11.0 Å². The number of carbonyl (C=O) groups excluding carboxylic acids is 1.